The molecule has 0 spiro atoms. The van der Waals surface area contributed by atoms with Gasteiger partial charge in [-0.05, 0) is 55.0 Å². The maximum atomic E-state index is 11.9. The fraction of sp³-hybridized carbons (Fsp3) is 0.556. The van der Waals surface area contributed by atoms with Gasteiger partial charge in [0.15, 0.2) is 0 Å². The first-order valence-corrected chi connectivity index (χ1v) is 8.93. The van der Waals surface area contributed by atoms with Crippen molar-refractivity contribution in [2.24, 2.45) is 5.11 Å². The monoisotopic (exact) mass is 360 g/mol. The van der Waals surface area contributed by atoms with Gasteiger partial charge in [0.25, 0.3) is 0 Å². The van der Waals surface area contributed by atoms with Crippen molar-refractivity contribution in [3.05, 3.63) is 34.2 Å². The number of nitrogens with zero attached hydrogens (tertiary/aromatic N) is 3. The van der Waals surface area contributed by atoms with Gasteiger partial charge in [0.1, 0.15) is 11.5 Å². The first-order chi connectivity index (χ1) is 12.7. The molecule has 0 saturated carbocycles. The number of hydrogen-bond donors (Lipinski definition) is 1. The van der Waals surface area contributed by atoms with Gasteiger partial charge in [0.2, 0.25) is 5.91 Å². The fourth-order valence-corrected chi connectivity index (χ4v) is 2.64. The summed E-state index contributed by atoms with van der Waals surface area (Å²) in [6.45, 7) is 1.75. The summed E-state index contributed by atoms with van der Waals surface area (Å²) in [6.07, 6.45) is 4.50. The number of hydrogen-bond acceptors (Lipinski definition) is 5. The van der Waals surface area contributed by atoms with Gasteiger partial charge in [-0.3, -0.25) is 9.59 Å². The lowest BCUT2D eigenvalue weighted by atomic mass is 10.1. The van der Waals surface area contributed by atoms with Crippen LogP contribution in [0.1, 0.15) is 44.1 Å². The van der Waals surface area contributed by atoms with Crippen LogP contribution < -0.4 is 14.8 Å². The first kappa shape index (κ1) is 19.6. The summed E-state index contributed by atoms with van der Waals surface area (Å²) >= 11 is 0. The average Bonchev–Trinajstić information content (AvgIpc) is 2.65. The maximum absolute atomic E-state index is 11.9. The van der Waals surface area contributed by atoms with E-state index >= 15 is 0 Å². The zero-order valence-electron chi connectivity index (χ0n) is 14.8. The van der Waals surface area contributed by atoms with Crippen molar-refractivity contribution >= 4 is 11.9 Å². The number of rotatable bonds is 10. The number of esters is 1. The largest absolute Gasteiger partial charge is 0.493 e. The van der Waals surface area contributed by atoms with E-state index < -0.39 is 5.97 Å². The highest BCUT2D eigenvalue weighted by molar-refractivity contribution is 5.82. The van der Waals surface area contributed by atoms with Crippen molar-refractivity contribution in [2.45, 2.75) is 44.9 Å². The molecule has 1 aliphatic rings. The van der Waals surface area contributed by atoms with E-state index in [1.807, 2.05) is 12.1 Å². The van der Waals surface area contributed by atoms with Crippen LogP contribution in [0.15, 0.2) is 23.3 Å². The van der Waals surface area contributed by atoms with Crippen LogP contribution in [0.4, 0.5) is 0 Å². The zero-order chi connectivity index (χ0) is 18.6. The Labute approximate surface area is 152 Å². The van der Waals surface area contributed by atoms with Gasteiger partial charge in [-0.25, -0.2) is 0 Å². The predicted octanol–water partition coefficient (Wildman–Crippen LogP) is 3.29. The molecular formula is C18H24N4O4. The molecule has 1 N–H and O–H groups in total. The molecule has 0 saturated heterocycles. The SMILES string of the molecule is [N-]=[N+]=NCCCCCNC(=O)CCC(=O)Oc1ccc2c(c1)CCCO2. The second kappa shape index (κ2) is 11.0. The Kier molecular flexibility index (Phi) is 8.29. The highest BCUT2D eigenvalue weighted by Crippen LogP contribution is 2.28. The third-order valence-corrected chi connectivity index (χ3v) is 3.99. The highest BCUT2D eigenvalue weighted by Gasteiger charge is 2.13. The van der Waals surface area contributed by atoms with Crippen LogP contribution in [0.3, 0.4) is 0 Å². The number of ether oxygens (including phenoxy) is 2. The topological polar surface area (TPSA) is 113 Å². The molecule has 2 rings (SSSR count). The van der Waals surface area contributed by atoms with Crippen molar-refractivity contribution in [3.63, 3.8) is 0 Å². The van der Waals surface area contributed by atoms with E-state index in [1.165, 1.54) is 0 Å². The number of carbonyl (C=O) groups excluding carboxylic acids is 2. The Morgan fingerprint density at radius 1 is 1.27 bits per heavy atom. The van der Waals surface area contributed by atoms with Gasteiger partial charge in [0.05, 0.1) is 13.0 Å². The van der Waals surface area contributed by atoms with Crippen LogP contribution >= 0.6 is 0 Å². The zero-order valence-corrected chi connectivity index (χ0v) is 14.8. The average molecular weight is 360 g/mol. The summed E-state index contributed by atoms with van der Waals surface area (Å²) in [4.78, 5) is 26.3. The molecule has 1 aliphatic heterocycles. The van der Waals surface area contributed by atoms with E-state index in [0.29, 0.717) is 18.8 Å². The smallest absolute Gasteiger partial charge is 0.311 e. The Morgan fingerprint density at radius 3 is 3.00 bits per heavy atom. The third-order valence-electron chi connectivity index (χ3n) is 3.99. The molecule has 0 bridgehead atoms. The quantitative estimate of drug-likeness (QED) is 0.172. The number of aryl methyl sites for hydroxylation is 1. The molecule has 1 amide bonds. The van der Waals surface area contributed by atoms with Crippen LogP contribution in [0.5, 0.6) is 11.5 Å². The minimum Gasteiger partial charge on any atom is -0.493 e. The number of nitrogens with one attached hydrogen (secondary N) is 1. The Balaban J connectivity index is 1.61. The highest BCUT2D eigenvalue weighted by atomic mass is 16.5. The standard InChI is InChI=1S/C18H24N4O4/c19-22-21-11-3-1-2-10-20-17(23)8-9-18(24)26-15-6-7-16-14(13-15)5-4-12-25-16/h6-7,13H,1-5,8-12H2,(H,20,23). The van der Waals surface area contributed by atoms with Gasteiger partial charge in [-0.2, -0.15) is 0 Å². The molecule has 0 atom stereocenters. The van der Waals surface area contributed by atoms with Crippen molar-refractivity contribution in [1.82, 2.24) is 5.32 Å². The summed E-state index contributed by atoms with van der Waals surface area (Å²) < 4.78 is 10.8. The third kappa shape index (κ3) is 7.03. The van der Waals surface area contributed by atoms with E-state index in [2.05, 4.69) is 15.3 Å². The lowest BCUT2D eigenvalue weighted by Crippen LogP contribution is -2.25. The summed E-state index contributed by atoms with van der Waals surface area (Å²) in [7, 11) is 0. The fourth-order valence-electron chi connectivity index (χ4n) is 2.64. The molecule has 140 valence electrons. The number of azide groups is 1. The second-order valence-electron chi connectivity index (χ2n) is 6.06. The van der Waals surface area contributed by atoms with Crippen molar-refractivity contribution in [3.8, 4) is 11.5 Å². The Bertz CT molecular complexity index is 671. The van der Waals surface area contributed by atoms with Gasteiger partial charge >= 0.3 is 5.97 Å². The number of fused-ring (bicyclic) bond motifs is 1. The molecule has 1 aromatic rings. The Morgan fingerprint density at radius 2 is 2.15 bits per heavy atom. The molecule has 8 nitrogen and oxygen atoms in total. The van der Waals surface area contributed by atoms with Crippen LogP contribution in [0.2, 0.25) is 0 Å². The molecule has 1 aromatic carbocycles. The van der Waals surface area contributed by atoms with Crippen LogP contribution in [0.25, 0.3) is 10.4 Å². The summed E-state index contributed by atoms with van der Waals surface area (Å²) in [5.74, 6) is 0.733. The van der Waals surface area contributed by atoms with E-state index in [0.717, 1.165) is 50.0 Å². The van der Waals surface area contributed by atoms with E-state index in [1.54, 1.807) is 6.07 Å². The number of benzene rings is 1. The number of carbonyl (C=O) groups is 2. The molecule has 1 heterocycles. The molecular weight excluding hydrogens is 336 g/mol. The molecule has 26 heavy (non-hydrogen) atoms. The van der Waals surface area contributed by atoms with E-state index in [-0.39, 0.29) is 18.7 Å². The molecule has 8 heteroatoms. The van der Waals surface area contributed by atoms with Gasteiger partial charge in [0, 0.05) is 24.4 Å². The van der Waals surface area contributed by atoms with Gasteiger partial charge in [-0.15, -0.1) is 0 Å². The second-order valence-corrected chi connectivity index (χ2v) is 6.06. The van der Waals surface area contributed by atoms with Crippen LogP contribution in [-0.2, 0) is 16.0 Å². The number of amides is 1. The Hall–Kier alpha value is -2.73. The lowest BCUT2D eigenvalue weighted by molar-refractivity contribution is -0.136. The first-order valence-electron chi connectivity index (χ1n) is 8.93. The molecule has 0 fully saturated rings. The van der Waals surface area contributed by atoms with Crippen LogP contribution in [0, 0.1) is 0 Å². The normalized spacial score (nSPS) is 12.3. The molecule has 0 radical (unpaired) electrons. The number of unbranched alkanes of at least 4 members (excludes halogenated alkanes) is 2. The van der Waals surface area contributed by atoms with E-state index in [4.69, 9.17) is 15.0 Å². The lowest BCUT2D eigenvalue weighted by Gasteiger charge is -2.17. The molecule has 0 unspecified atom stereocenters. The summed E-state index contributed by atoms with van der Waals surface area (Å²) in [6, 6.07) is 5.34. The van der Waals surface area contributed by atoms with Crippen molar-refractivity contribution < 1.29 is 19.1 Å². The van der Waals surface area contributed by atoms with Crippen molar-refractivity contribution in [2.75, 3.05) is 19.7 Å². The predicted molar refractivity (Wildman–Crippen MR) is 96.0 cm³/mol. The summed E-state index contributed by atoms with van der Waals surface area (Å²) in [5.41, 5.74) is 9.19. The van der Waals surface area contributed by atoms with Crippen LogP contribution in [-0.4, -0.2) is 31.6 Å². The minimum atomic E-state index is -0.425. The maximum Gasteiger partial charge on any atom is 0.311 e. The molecule has 0 aromatic heterocycles. The summed E-state index contributed by atoms with van der Waals surface area (Å²) in [5, 5.41) is 6.21. The molecule has 0 aliphatic carbocycles. The van der Waals surface area contributed by atoms with Gasteiger partial charge in [-0.1, -0.05) is 11.5 Å². The van der Waals surface area contributed by atoms with Gasteiger partial charge < -0.3 is 14.8 Å². The van der Waals surface area contributed by atoms with Crippen molar-refractivity contribution in [1.29, 1.82) is 0 Å². The van der Waals surface area contributed by atoms with E-state index in [9.17, 15) is 9.59 Å². The minimum absolute atomic E-state index is 0.0380.